The first kappa shape index (κ1) is 16.5. The summed E-state index contributed by atoms with van der Waals surface area (Å²) < 4.78 is 7.70. The molecule has 24 heavy (non-hydrogen) atoms. The predicted molar refractivity (Wildman–Crippen MR) is 91.2 cm³/mol. The maximum absolute atomic E-state index is 12.8. The zero-order valence-corrected chi connectivity index (χ0v) is 14.7. The maximum atomic E-state index is 12.8. The van der Waals surface area contributed by atoms with E-state index in [1.807, 2.05) is 51.0 Å². The van der Waals surface area contributed by atoms with Crippen molar-refractivity contribution in [3.63, 3.8) is 0 Å². The molecule has 0 atom stereocenters. The van der Waals surface area contributed by atoms with Gasteiger partial charge in [-0.3, -0.25) is 9.48 Å². The number of carbonyl (C=O) groups excluding carboxylic acids is 1. The molecule has 0 spiro atoms. The zero-order chi connectivity index (χ0) is 17.3. The molecule has 2 aromatic heterocycles. The molecule has 0 unspecified atom stereocenters. The van der Waals surface area contributed by atoms with Gasteiger partial charge in [0.1, 0.15) is 6.10 Å². The number of ether oxygens (including phenoxy) is 1. The molecule has 1 amide bonds. The van der Waals surface area contributed by atoms with Crippen LogP contribution in [0, 0.1) is 20.8 Å². The van der Waals surface area contributed by atoms with Crippen molar-refractivity contribution < 1.29 is 9.53 Å². The lowest BCUT2D eigenvalue weighted by atomic mass is 10.1. The first-order chi connectivity index (χ1) is 11.5. The predicted octanol–water partition coefficient (Wildman–Crippen LogP) is 2.42. The van der Waals surface area contributed by atoms with Gasteiger partial charge in [0, 0.05) is 50.9 Å². The Kier molecular flexibility index (Phi) is 4.55. The van der Waals surface area contributed by atoms with Gasteiger partial charge in [-0.15, -0.1) is 0 Å². The number of amides is 1. The summed E-state index contributed by atoms with van der Waals surface area (Å²) in [4.78, 5) is 19.0. The summed E-state index contributed by atoms with van der Waals surface area (Å²) in [7, 11) is 1.87. The Bertz CT molecular complexity index is 728. The fraction of sp³-hybridized carbons (Fsp3) is 0.500. The van der Waals surface area contributed by atoms with Crippen LogP contribution >= 0.6 is 0 Å². The number of hydrogen-bond donors (Lipinski definition) is 0. The standard InChI is InChI=1S/C18H24N4O2/c1-12-5-6-16(19-11-12)24-15-7-9-22(10-8-15)18(23)17-13(2)20-21(4)14(17)3/h5-6,11,15H,7-10H2,1-4H3. The molecule has 1 aliphatic rings. The van der Waals surface area contributed by atoms with E-state index in [0.717, 1.165) is 35.4 Å². The highest BCUT2D eigenvalue weighted by molar-refractivity contribution is 5.96. The van der Waals surface area contributed by atoms with Crippen molar-refractivity contribution in [2.45, 2.75) is 39.7 Å². The summed E-state index contributed by atoms with van der Waals surface area (Å²) in [6, 6.07) is 3.89. The molecular weight excluding hydrogens is 304 g/mol. The number of hydrogen-bond acceptors (Lipinski definition) is 4. The Hall–Kier alpha value is -2.37. The van der Waals surface area contributed by atoms with Crippen LogP contribution in [0.1, 0.15) is 40.2 Å². The van der Waals surface area contributed by atoms with Crippen LogP contribution in [0.5, 0.6) is 5.88 Å². The first-order valence-corrected chi connectivity index (χ1v) is 8.34. The number of aryl methyl sites for hydroxylation is 3. The van der Waals surface area contributed by atoms with Crippen LogP contribution in [0.25, 0.3) is 0 Å². The van der Waals surface area contributed by atoms with Gasteiger partial charge in [0.05, 0.1) is 11.3 Å². The average molecular weight is 328 g/mol. The zero-order valence-electron chi connectivity index (χ0n) is 14.7. The van der Waals surface area contributed by atoms with Crippen LogP contribution < -0.4 is 4.74 Å². The normalized spacial score (nSPS) is 15.6. The maximum Gasteiger partial charge on any atom is 0.257 e. The molecule has 0 N–H and O–H groups in total. The minimum Gasteiger partial charge on any atom is -0.474 e. The molecule has 1 saturated heterocycles. The summed E-state index contributed by atoms with van der Waals surface area (Å²) in [6.07, 6.45) is 3.56. The summed E-state index contributed by atoms with van der Waals surface area (Å²) >= 11 is 0. The SMILES string of the molecule is Cc1ccc(OC2CCN(C(=O)c3c(C)nn(C)c3C)CC2)nc1. The van der Waals surface area contributed by atoms with Crippen LogP contribution in [-0.4, -0.2) is 44.8 Å². The van der Waals surface area contributed by atoms with Gasteiger partial charge in [-0.05, 0) is 26.3 Å². The number of piperidine rings is 1. The van der Waals surface area contributed by atoms with Crippen LogP contribution in [0.2, 0.25) is 0 Å². The molecule has 1 fully saturated rings. The van der Waals surface area contributed by atoms with E-state index >= 15 is 0 Å². The van der Waals surface area contributed by atoms with Crippen LogP contribution in [0.15, 0.2) is 18.3 Å². The topological polar surface area (TPSA) is 60.2 Å². The Balaban J connectivity index is 1.60. The number of pyridine rings is 1. The first-order valence-electron chi connectivity index (χ1n) is 8.34. The van der Waals surface area contributed by atoms with E-state index in [0.29, 0.717) is 19.0 Å². The van der Waals surface area contributed by atoms with E-state index < -0.39 is 0 Å². The van der Waals surface area contributed by atoms with E-state index in [1.54, 1.807) is 4.68 Å². The van der Waals surface area contributed by atoms with E-state index in [4.69, 9.17) is 4.74 Å². The molecule has 6 nitrogen and oxygen atoms in total. The molecule has 0 aliphatic carbocycles. The Morgan fingerprint density at radius 1 is 1.21 bits per heavy atom. The molecule has 0 aromatic carbocycles. The number of nitrogens with zero attached hydrogens (tertiary/aromatic N) is 4. The van der Waals surface area contributed by atoms with Gasteiger partial charge in [-0.25, -0.2) is 4.98 Å². The second kappa shape index (κ2) is 6.63. The lowest BCUT2D eigenvalue weighted by molar-refractivity contribution is 0.0586. The second-order valence-electron chi connectivity index (χ2n) is 6.45. The third-order valence-electron chi connectivity index (χ3n) is 4.62. The van der Waals surface area contributed by atoms with E-state index in [-0.39, 0.29) is 12.0 Å². The smallest absolute Gasteiger partial charge is 0.257 e. The van der Waals surface area contributed by atoms with Crippen LogP contribution in [0.4, 0.5) is 0 Å². The largest absolute Gasteiger partial charge is 0.474 e. The fourth-order valence-electron chi connectivity index (χ4n) is 3.11. The van der Waals surface area contributed by atoms with Crippen LogP contribution in [-0.2, 0) is 7.05 Å². The molecule has 2 aromatic rings. The number of likely N-dealkylation sites (tertiary alicyclic amines) is 1. The molecule has 0 saturated carbocycles. The lowest BCUT2D eigenvalue weighted by Crippen LogP contribution is -2.42. The Labute approximate surface area is 142 Å². The molecule has 3 heterocycles. The van der Waals surface area contributed by atoms with E-state index in [1.165, 1.54) is 0 Å². The quantitative estimate of drug-likeness (QED) is 0.868. The van der Waals surface area contributed by atoms with Crippen molar-refractivity contribution in [1.29, 1.82) is 0 Å². The second-order valence-corrected chi connectivity index (χ2v) is 6.45. The molecule has 3 rings (SSSR count). The van der Waals surface area contributed by atoms with Crippen molar-refractivity contribution in [3.05, 3.63) is 40.8 Å². The van der Waals surface area contributed by atoms with E-state index in [9.17, 15) is 4.79 Å². The molecule has 1 aliphatic heterocycles. The lowest BCUT2D eigenvalue weighted by Gasteiger charge is -2.32. The van der Waals surface area contributed by atoms with Crippen molar-refractivity contribution >= 4 is 5.91 Å². The van der Waals surface area contributed by atoms with E-state index in [2.05, 4.69) is 10.1 Å². The Morgan fingerprint density at radius 3 is 2.46 bits per heavy atom. The van der Waals surface area contributed by atoms with Crippen molar-refractivity contribution in [2.75, 3.05) is 13.1 Å². The van der Waals surface area contributed by atoms with Gasteiger partial charge < -0.3 is 9.64 Å². The van der Waals surface area contributed by atoms with Crippen molar-refractivity contribution in [3.8, 4) is 5.88 Å². The van der Waals surface area contributed by atoms with Crippen molar-refractivity contribution in [1.82, 2.24) is 19.7 Å². The third kappa shape index (κ3) is 3.27. The summed E-state index contributed by atoms with van der Waals surface area (Å²) in [6.45, 7) is 7.22. The summed E-state index contributed by atoms with van der Waals surface area (Å²) in [5, 5.41) is 4.34. The highest BCUT2D eigenvalue weighted by Crippen LogP contribution is 2.21. The van der Waals surface area contributed by atoms with Crippen molar-refractivity contribution in [2.24, 2.45) is 7.05 Å². The number of aromatic nitrogens is 3. The fourth-order valence-corrected chi connectivity index (χ4v) is 3.11. The minimum absolute atomic E-state index is 0.0741. The van der Waals surface area contributed by atoms with Gasteiger partial charge in [-0.1, -0.05) is 6.07 Å². The number of rotatable bonds is 3. The Morgan fingerprint density at radius 2 is 1.92 bits per heavy atom. The summed E-state index contributed by atoms with van der Waals surface area (Å²) in [5.41, 5.74) is 3.56. The minimum atomic E-state index is 0.0741. The average Bonchev–Trinajstić information content (AvgIpc) is 2.82. The van der Waals surface area contributed by atoms with Gasteiger partial charge >= 0.3 is 0 Å². The molecular formula is C18H24N4O2. The van der Waals surface area contributed by atoms with Gasteiger partial charge in [0.2, 0.25) is 5.88 Å². The highest BCUT2D eigenvalue weighted by Gasteiger charge is 2.28. The van der Waals surface area contributed by atoms with Crippen LogP contribution in [0.3, 0.4) is 0 Å². The van der Waals surface area contributed by atoms with Gasteiger partial charge in [0.25, 0.3) is 5.91 Å². The van der Waals surface area contributed by atoms with Gasteiger partial charge in [-0.2, -0.15) is 5.10 Å². The van der Waals surface area contributed by atoms with Gasteiger partial charge in [0.15, 0.2) is 0 Å². The third-order valence-corrected chi connectivity index (χ3v) is 4.62. The molecule has 0 radical (unpaired) electrons. The molecule has 6 heteroatoms. The molecule has 128 valence electrons. The monoisotopic (exact) mass is 328 g/mol. The highest BCUT2D eigenvalue weighted by atomic mass is 16.5. The molecule has 0 bridgehead atoms. The number of carbonyl (C=O) groups is 1. The summed E-state index contributed by atoms with van der Waals surface area (Å²) in [5.74, 6) is 0.731.